The van der Waals surface area contributed by atoms with Crippen LogP contribution in [0.5, 0.6) is 0 Å². The number of hydrogen-bond acceptors (Lipinski definition) is 6. The minimum Gasteiger partial charge on any atom is -0.465 e. The fourth-order valence-corrected chi connectivity index (χ4v) is 10.6. The molecule has 1 spiro atoms. The number of nitrogens with zero attached hydrogens (tertiary/aromatic N) is 2. The number of aliphatic hydroxyl groups excluding tert-OH is 1. The van der Waals surface area contributed by atoms with Gasteiger partial charge in [-0.1, -0.05) is 71.8 Å². The standard InChI is InChI=1S/C32H43BrN2O5S/c1-5-8-9-13-18-40-31(39)25-26-29(37)35(24(20-36)22-15-11-10-12-16-22)28(32(26)19-23(33)27(25)41-32)30(38)34(17-7-3)21(4)14-6-2/h5,7,10-12,15-16,21,23-28,36H,1,3,6,8-9,13-14,17-20H2,2,4H3/t21?,23?,24-,25+,26+,27+,28?,32?/m1/s1. The van der Waals surface area contributed by atoms with Gasteiger partial charge in [0.05, 0.1) is 35.8 Å². The van der Waals surface area contributed by atoms with E-state index in [2.05, 4.69) is 36.0 Å². The van der Waals surface area contributed by atoms with E-state index in [1.165, 1.54) is 0 Å². The molecule has 1 N–H and O–H groups in total. The lowest BCUT2D eigenvalue weighted by molar-refractivity contribution is -0.154. The topological polar surface area (TPSA) is 87.1 Å². The Kier molecular flexibility index (Phi) is 10.8. The summed E-state index contributed by atoms with van der Waals surface area (Å²) in [5, 5.41) is 10.5. The highest BCUT2D eigenvalue weighted by Gasteiger charge is 2.76. The van der Waals surface area contributed by atoms with Crippen LogP contribution in [0.1, 0.15) is 64.0 Å². The number of rotatable bonds is 15. The molecule has 3 fully saturated rings. The molecule has 4 rings (SSSR count). The van der Waals surface area contributed by atoms with Crippen molar-refractivity contribution in [2.24, 2.45) is 11.8 Å². The molecule has 9 heteroatoms. The molecule has 3 aliphatic heterocycles. The number of thioether (sulfide) groups is 1. The summed E-state index contributed by atoms with van der Waals surface area (Å²) in [5.74, 6) is -2.15. The molecule has 3 saturated heterocycles. The lowest BCUT2D eigenvalue weighted by Crippen LogP contribution is -2.57. The third-order valence-electron chi connectivity index (χ3n) is 8.82. The largest absolute Gasteiger partial charge is 0.465 e. The first-order valence-electron chi connectivity index (χ1n) is 14.8. The summed E-state index contributed by atoms with van der Waals surface area (Å²) >= 11 is 5.41. The van der Waals surface area contributed by atoms with Crippen molar-refractivity contribution in [2.45, 2.75) is 85.3 Å². The van der Waals surface area contributed by atoms with Crippen molar-refractivity contribution in [1.82, 2.24) is 9.80 Å². The van der Waals surface area contributed by atoms with Crippen LogP contribution in [0.4, 0.5) is 0 Å². The summed E-state index contributed by atoms with van der Waals surface area (Å²) in [6.45, 7) is 12.1. The molecule has 4 unspecified atom stereocenters. The molecule has 224 valence electrons. The van der Waals surface area contributed by atoms with Gasteiger partial charge in [0, 0.05) is 22.7 Å². The summed E-state index contributed by atoms with van der Waals surface area (Å²) in [4.78, 5) is 46.2. The van der Waals surface area contributed by atoms with Crippen LogP contribution < -0.4 is 0 Å². The molecule has 41 heavy (non-hydrogen) atoms. The van der Waals surface area contributed by atoms with E-state index in [1.807, 2.05) is 48.2 Å². The Bertz CT molecular complexity index is 1120. The zero-order valence-corrected chi connectivity index (χ0v) is 26.5. The number of amides is 2. The molecular formula is C32H43BrN2O5S. The first kappa shape index (κ1) is 31.8. The number of allylic oxidation sites excluding steroid dienone is 1. The Morgan fingerprint density at radius 3 is 2.63 bits per heavy atom. The first-order chi connectivity index (χ1) is 19.8. The van der Waals surface area contributed by atoms with Gasteiger partial charge in [0.1, 0.15) is 6.04 Å². The fourth-order valence-electron chi connectivity index (χ4n) is 7.00. The number of carbonyl (C=O) groups excluding carboxylic acids is 3. The Balaban J connectivity index is 1.76. The van der Waals surface area contributed by atoms with Crippen LogP contribution in [0, 0.1) is 11.8 Å². The number of aliphatic hydroxyl groups is 1. The van der Waals surface area contributed by atoms with E-state index in [9.17, 15) is 19.5 Å². The number of halogens is 1. The van der Waals surface area contributed by atoms with Crippen molar-refractivity contribution >= 4 is 45.5 Å². The normalized spacial score (nSPS) is 29.6. The van der Waals surface area contributed by atoms with Gasteiger partial charge in [0.25, 0.3) is 0 Å². The van der Waals surface area contributed by atoms with Crippen molar-refractivity contribution in [3.05, 3.63) is 61.2 Å². The van der Waals surface area contributed by atoms with Crippen LogP contribution >= 0.6 is 27.7 Å². The highest BCUT2D eigenvalue weighted by molar-refractivity contribution is 9.09. The Morgan fingerprint density at radius 2 is 2.00 bits per heavy atom. The highest BCUT2D eigenvalue weighted by Crippen LogP contribution is 2.68. The second kappa shape index (κ2) is 13.9. The molecule has 8 atom stereocenters. The Hall–Kier alpha value is -2.10. The van der Waals surface area contributed by atoms with Crippen LogP contribution in [0.3, 0.4) is 0 Å². The number of likely N-dealkylation sites (tertiary alicyclic amines) is 1. The summed E-state index contributed by atoms with van der Waals surface area (Å²) in [5.41, 5.74) is 0.755. The van der Waals surface area contributed by atoms with E-state index in [0.717, 1.165) is 37.7 Å². The van der Waals surface area contributed by atoms with Gasteiger partial charge in [-0.2, -0.15) is 0 Å². The maximum atomic E-state index is 14.7. The van der Waals surface area contributed by atoms with Crippen LogP contribution in [-0.2, 0) is 19.1 Å². The number of hydrogen-bond donors (Lipinski definition) is 1. The Labute approximate surface area is 256 Å². The van der Waals surface area contributed by atoms with Gasteiger partial charge in [0.15, 0.2) is 0 Å². The molecule has 1 aromatic carbocycles. The van der Waals surface area contributed by atoms with E-state index in [-0.39, 0.29) is 40.5 Å². The maximum absolute atomic E-state index is 14.7. The second-order valence-electron chi connectivity index (χ2n) is 11.4. The van der Waals surface area contributed by atoms with Crippen molar-refractivity contribution in [3.8, 4) is 0 Å². The van der Waals surface area contributed by atoms with E-state index >= 15 is 0 Å². The summed E-state index contributed by atoms with van der Waals surface area (Å²) < 4.78 is 4.94. The smallest absolute Gasteiger partial charge is 0.310 e. The molecule has 2 amide bonds. The van der Waals surface area contributed by atoms with Crippen molar-refractivity contribution in [2.75, 3.05) is 19.8 Å². The van der Waals surface area contributed by atoms with Gasteiger partial charge in [-0.05, 0) is 44.6 Å². The van der Waals surface area contributed by atoms with Crippen LogP contribution in [0.15, 0.2) is 55.6 Å². The lowest BCUT2D eigenvalue weighted by Gasteiger charge is -2.41. The molecule has 7 nitrogen and oxygen atoms in total. The van der Waals surface area contributed by atoms with Gasteiger partial charge in [-0.15, -0.1) is 24.9 Å². The molecule has 0 aromatic heterocycles. The second-order valence-corrected chi connectivity index (χ2v) is 14.1. The van der Waals surface area contributed by atoms with Crippen molar-refractivity contribution in [1.29, 1.82) is 0 Å². The van der Waals surface area contributed by atoms with E-state index in [1.54, 1.807) is 22.7 Å². The molecule has 0 radical (unpaired) electrons. The SMILES string of the molecule is C=CCCCCOC(=O)[C@H]1[C@H]2C(=O)N([C@H](CO)c3ccccc3)C(C(=O)N(CC=C)C(C)CCC)C23CC(Br)[C@@H]1S3. The Morgan fingerprint density at radius 1 is 1.27 bits per heavy atom. The van der Waals surface area contributed by atoms with Crippen molar-refractivity contribution in [3.63, 3.8) is 0 Å². The molecule has 3 heterocycles. The van der Waals surface area contributed by atoms with Gasteiger partial charge in [-0.25, -0.2) is 0 Å². The number of benzene rings is 1. The third-order valence-corrected chi connectivity index (χ3v) is 12.0. The number of fused-ring (bicyclic) bond motifs is 1. The van der Waals surface area contributed by atoms with Crippen LogP contribution in [0.25, 0.3) is 0 Å². The number of esters is 1. The van der Waals surface area contributed by atoms with E-state index in [4.69, 9.17) is 4.74 Å². The first-order valence-corrected chi connectivity index (χ1v) is 16.6. The fraction of sp³-hybridized carbons (Fsp3) is 0.594. The minimum atomic E-state index is -0.836. The number of ether oxygens (including phenoxy) is 1. The summed E-state index contributed by atoms with van der Waals surface area (Å²) in [6, 6.07) is 7.75. The summed E-state index contributed by atoms with van der Waals surface area (Å²) in [6.07, 6.45) is 8.32. The molecule has 3 aliphatic rings. The number of carbonyl (C=O) groups is 3. The number of alkyl halides is 1. The average molecular weight is 648 g/mol. The van der Waals surface area contributed by atoms with Gasteiger partial charge in [0.2, 0.25) is 11.8 Å². The zero-order chi connectivity index (χ0) is 29.7. The summed E-state index contributed by atoms with van der Waals surface area (Å²) in [7, 11) is 0. The van der Waals surface area contributed by atoms with Crippen LogP contribution in [0.2, 0.25) is 0 Å². The van der Waals surface area contributed by atoms with Gasteiger partial charge < -0.3 is 19.6 Å². The molecule has 1 aromatic rings. The van der Waals surface area contributed by atoms with Gasteiger partial charge >= 0.3 is 5.97 Å². The van der Waals surface area contributed by atoms with E-state index < -0.39 is 28.7 Å². The van der Waals surface area contributed by atoms with Gasteiger partial charge in [-0.3, -0.25) is 14.4 Å². The van der Waals surface area contributed by atoms with E-state index in [0.29, 0.717) is 19.6 Å². The zero-order valence-electron chi connectivity index (χ0n) is 24.1. The highest BCUT2D eigenvalue weighted by atomic mass is 79.9. The van der Waals surface area contributed by atoms with Crippen molar-refractivity contribution < 1.29 is 24.2 Å². The molecule has 0 saturated carbocycles. The predicted octanol–water partition coefficient (Wildman–Crippen LogP) is 5.29. The monoisotopic (exact) mass is 646 g/mol. The predicted molar refractivity (Wildman–Crippen MR) is 167 cm³/mol. The average Bonchev–Trinajstić information content (AvgIpc) is 3.56. The third kappa shape index (κ3) is 5.91. The quantitative estimate of drug-likeness (QED) is 0.121. The molecule has 0 aliphatic carbocycles. The molecule has 2 bridgehead atoms. The number of unbranched alkanes of at least 4 members (excludes halogenated alkanes) is 2. The maximum Gasteiger partial charge on any atom is 0.310 e. The van der Waals surface area contributed by atoms with Crippen LogP contribution in [-0.4, -0.2) is 79.4 Å². The molecular weight excluding hydrogens is 604 g/mol. The minimum absolute atomic E-state index is 0.0460. The lowest BCUT2D eigenvalue weighted by atomic mass is 9.71.